The maximum Gasteiger partial charge on any atom is 0.00719 e. The van der Waals surface area contributed by atoms with E-state index < -0.39 is 0 Å². The first-order valence-electron chi connectivity index (χ1n) is 7.95. The molecule has 0 aromatic rings. The Morgan fingerprint density at radius 1 is 0.889 bits per heavy atom. The van der Waals surface area contributed by atoms with Crippen LogP contribution in [0.5, 0.6) is 0 Å². The highest BCUT2D eigenvalue weighted by Gasteiger charge is 2.12. The molecule has 0 rings (SSSR count). The molecular formula is C16H36N2. The Labute approximate surface area is 116 Å². The van der Waals surface area contributed by atoms with Gasteiger partial charge in [0.15, 0.2) is 0 Å². The summed E-state index contributed by atoms with van der Waals surface area (Å²) in [5, 5.41) is 3.76. The minimum absolute atomic E-state index is 0.710. The Morgan fingerprint density at radius 3 is 1.78 bits per heavy atom. The zero-order valence-corrected chi connectivity index (χ0v) is 13.6. The topological polar surface area (TPSA) is 15.3 Å². The summed E-state index contributed by atoms with van der Waals surface area (Å²) in [4.78, 5) is 2.50. The second kappa shape index (κ2) is 10.8. The lowest BCUT2D eigenvalue weighted by Gasteiger charge is -2.23. The van der Waals surface area contributed by atoms with Gasteiger partial charge in [-0.25, -0.2) is 0 Å². The van der Waals surface area contributed by atoms with Crippen molar-refractivity contribution in [3.8, 4) is 0 Å². The summed E-state index contributed by atoms with van der Waals surface area (Å²) in [6.07, 6.45) is 3.89. The van der Waals surface area contributed by atoms with Crippen molar-refractivity contribution in [2.24, 2.45) is 11.8 Å². The van der Waals surface area contributed by atoms with E-state index in [4.69, 9.17) is 0 Å². The van der Waals surface area contributed by atoms with E-state index >= 15 is 0 Å². The minimum atomic E-state index is 0.710. The second-order valence-corrected chi connectivity index (χ2v) is 6.29. The first-order chi connectivity index (χ1) is 8.49. The van der Waals surface area contributed by atoms with Crippen molar-refractivity contribution in [1.82, 2.24) is 10.2 Å². The number of nitrogens with zero attached hydrogens (tertiary/aromatic N) is 1. The van der Waals surface area contributed by atoms with Gasteiger partial charge >= 0.3 is 0 Å². The molecule has 110 valence electrons. The molecule has 0 unspecified atom stereocenters. The summed E-state index contributed by atoms with van der Waals surface area (Å²) >= 11 is 0. The first-order valence-corrected chi connectivity index (χ1v) is 7.95. The van der Waals surface area contributed by atoms with Crippen LogP contribution in [-0.4, -0.2) is 37.1 Å². The lowest BCUT2D eigenvalue weighted by Crippen LogP contribution is -2.34. The molecule has 0 saturated carbocycles. The van der Waals surface area contributed by atoms with E-state index in [0.29, 0.717) is 6.04 Å². The van der Waals surface area contributed by atoms with Crippen LogP contribution in [0, 0.1) is 11.8 Å². The average Bonchev–Trinajstić information content (AvgIpc) is 2.27. The van der Waals surface area contributed by atoms with E-state index in [2.05, 4.69) is 51.8 Å². The third-order valence-electron chi connectivity index (χ3n) is 3.49. The van der Waals surface area contributed by atoms with Crippen LogP contribution < -0.4 is 5.32 Å². The Kier molecular flexibility index (Phi) is 10.8. The van der Waals surface area contributed by atoms with Gasteiger partial charge in [0.25, 0.3) is 0 Å². The molecular weight excluding hydrogens is 220 g/mol. The minimum Gasteiger partial charge on any atom is -0.314 e. The van der Waals surface area contributed by atoms with Gasteiger partial charge in [0, 0.05) is 6.04 Å². The zero-order chi connectivity index (χ0) is 14.0. The molecule has 2 nitrogen and oxygen atoms in total. The quantitative estimate of drug-likeness (QED) is 0.566. The summed E-state index contributed by atoms with van der Waals surface area (Å²) in [5.74, 6) is 1.59. The van der Waals surface area contributed by atoms with E-state index in [1.54, 1.807) is 0 Å². The van der Waals surface area contributed by atoms with Crippen molar-refractivity contribution in [3.05, 3.63) is 0 Å². The van der Waals surface area contributed by atoms with Crippen molar-refractivity contribution < 1.29 is 0 Å². The maximum absolute atomic E-state index is 3.76. The summed E-state index contributed by atoms with van der Waals surface area (Å²) in [6, 6.07) is 0.710. The van der Waals surface area contributed by atoms with Gasteiger partial charge in [-0.3, -0.25) is 0 Å². The molecule has 0 aliphatic carbocycles. The zero-order valence-electron chi connectivity index (χ0n) is 13.6. The fourth-order valence-electron chi connectivity index (χ4n) is 2.55. The van der Waals surface area contributed by atoms with E-state index in [9.17, 15) is 0 Å². The fraction of sp³-hybridized carbons (Fsp3) is 1.00. The summed E-state index contributed by atoms with van der Waals surface area (Å²) in [7, 11) is 0. The Hall–Kier alpha value is -0.0800. The Balaban J connectivity index is 3.81. The fourth-order valence-corrected chi connectivity index (χ4v) is 2.55. The normalized spacial score (nSPS) is 12.3. The van der Waals surface area contributed by atoms with Gasteiger partial charge in [0.05, 0.1) is 0 Å². The van der Waals surface area contributed by atoms with E-state index in [1.165, 1.54) is 45.4 Å². The van der Waals surface area contributed by atoms with Crippen molar-refractivity contribution in [1.29, 1.82) is 0 Å². The highest BCUT2D eigenvalue weighted by Crippen LogP contribution is 2.13. The van der Waals surface area contributed by atoms with Gasteiger partial charge in [-0.15, -0.1) is 0 Å². The van der Waals surface area contributed by atoms with Crippen LogP contribution in [0.1, 0.15) is 60.8 Å². The van der Waals surface area contributed by atoms with E-state index in [-0.39, 0.29) is 0 Å². The van der Waals surface area contributed by atoms with Gasteiger partial charge in [0.1, 0.15) is 0 Å². The van der Waals surface area contributed by atoms with Crippen molar-refractivity contribution in [3.63, 3.8) is 0 Å². The predicted molar refractivity (Wildman–Crippen MR) is 83.1 cm³/mol. The van der Waals surface area contributed by atoms with Gasteiger partial charge in [-0.2, -0.15) is 0 Å². The van der Waals surface area contributed by atoms with Gasteiger partial charge in [-0.05, 0) is 57.3 Å². The molecule has 0 bridgehead atoms. The third kappa shape index (κ3) is 9.90. The monoisotopic (exact) mass is 256 g/mol. The van der Waals surface area contributed by atoms with Crippen LogP contribution in [0.2, 0.25) is 0 Å². The lowest BCUT2D eigenvalue weighted by atomic mass is 9.95. The number of hydrogen-bond acceptors (Lipinski definition) is 2. The van der Waals surface area contributed by atoms with Crippen LogP contribution in [0.4, 0.5) is 0 Å². The molecule has 0 aromatic heterocycles. The maximum atomic E-state index is 3.76. The van der Waals surface area contributed by atoms with Crippen LogP contribution in [0.15, 0.2) is 0 Å². The first kappa shape index (κ1) is 17.9. The Bertz CT molecular complexity index is 164. The molecule has 1 N–H and O–H groups in total. The van der Waals surface area contributed by atoms with Crippen molar-refractivity contribution >= 4 is 0 Å². The molecule has 0 heterocycles. The van der Waals surface area contributed by atoms with Crippen LogP contribution in [0.25, 0.3) is 0 Å². The molecule has 0 spiro atoms. The molecule has 0 atom stereocenters. The van der Waals surface area contributed by atoms with E-state index in [1.807, 2.05) is 0 Å². The molecule has 0 fully saturated rings. The van der Waals surface area contributed by atoms with Crippen LogP contribution in [0.3, 0.4) is 0 Å². The number of nitrogens with one attached hydrogen (secondary N) is 1. The van der Waals surface area contributed by atoms with Gasteiger partial charge in [-0.1, -0.05) is 41.5 Å². The predicted octanol–water partition coefficient (Wildman–Crippen LogP) is 3.77. The summed E-state index contributed by atoms with van der Waals surface area (Å²) < 4.78 is 0. The van der Waals surface area contributed by atoms with Crippen molar-refractivity contribution in [2.75, 3.05) is 26.2 Å². The van der Waals surface area contributed by atoms with Crippen molar-refractivity contribution in [2.45, 2.75) is 66.8 Å². The summed E-state index contributed by atoms with van der Waals surface area (Å²) in [6.45, 7) is 18.5. The van der Waals surface area contributed by atoms with Gasteiger partial charge < -0.3 is 10.2 Å². The Morgan fingerprint density at radius 2 is 1.39 bits per heavy atom. The van der Waals surface area contributed by atoms with Crippen LogP contribution >= 0.6 is 0 Å². The molecule has 0 radical (unpaired) electrons. The standard InChI is InChI=1S/C16H36N2/c1-7-18(8-2)11-9-10-17-16(12-14(3)4)13-15(5)6/h14-17H,7-13H2,1-6H3. The van der Waals surface area contributed by atoms with Gasteiger partial charge in [0.2, 0.25) is 0 Å². The molecule has 0 aliphatic heterocycles. The summed E-state index contributed by atoms with van der Waals surface area (Å²) in [5.41, 5.74) is 0. The molecule has 18 heavy (non-hydrogen) atoms. The number of rotatable bonds is 11. The molecule has 0 aliphatic rings. The lowest BCUT2D eigenvalue weighted by molar-refractivity contribution is 0.289. The largest absolute Gasteiger partial charge is 0.314 e. The molecule has 0 aromatic carbocycles. The highest BCUT2D eigenvalue weighted by atomic mass is 15.1. The molecule has 0 saturated heterocycles. The molecule has 2 heteroatoms. The second-order valence-electron chi connectivity index (χ2n) is 6.29. The highest BCUT2D eigenvalue weighted by molar-refractivity contribution is 4.70. The smallest absolute Gasteiger partial charge is 0.00719 e. The average molecular weight is 256 g/mol. The number of hydrogen-bond donors (Lipinski definition) is 1. The SMILES string of the molecule is CCN(CC)CCCNC(CC(C)C)CC(C)C. The van der Waals surface area contributed by atoms with Crippen LogP contribution in [-0.2, 0) is 0 Å². The van der Waals surface area contributed by atoms with E-state index in [0.717, 1.165) is 11.8 Å². The molecule has 0 amide bonds. The third-order valence-corrected chi connectivity index (χ3v) is 3.49.